The van der Waals surface area contributed by atoms with Crippen molar-refractivity contribution < 1.29 is 0 Å². The van der Waals surface area contributed by atoms with Gasteiger partial charge in [0, 0.05) is 36.0 Å². The number of fused-ring (bicyclic) bond motifs is 1. The molecule has 0 saturated carbocycles. The molecule has 184 valence electrons. The van der Waals surface area contributed by atoms with Gasteiger partial charge in [-0.2, -0.15) is 0 Å². The van der Waals surface area contributed by atoms with Gasteiger partial charge in [-0.15, -0.1) is 0 Å². The fourth-order valence-electron chi connectivity index (χ4n) is 6.04. The third kappa shape index (κ3) is 4.99. The first-order chi connectivity index (χ1) is 17.2. The van der Waals surface area contributed by atoms with Gasteiger partial charge in [0.05, 0.1) is 0 Å². The quantitative estimate of drug-likeness (QED) is 0.416. The topological polar surface area (TPSA) is 41.1 Å². The summed E-state index contributed by atoms with van der Waals surface area (Å²) in [6.45, 7) is 9.81. The summed E-state index contributed by atoms with van der Waals surface area (Å²) in [7, 11) is 0. The van der Waals surface area contributed by atoms with Crippen molar-refractivity contribution in [3.63, 3.8) is 0 Å². The second-order valence-corrected chi connectivity index (χ2v) is 10.1. The third-order valence-corrected chi connectivity index (χ3v) is 7.96. The number of rotatable bonds is 8. The molecule has 3 aromatic rings. The Kier molecular flexibility index (Phi) is 7.48. The van der Waals surface area contributed by atoms with E-state index in [1.165, 1.54) is 71.3 Å². The fraction of sp³-hybridized carbons (Fsp3) is 0.484. The van der Waals surface area contributed by atoms with E-state index in [4.69, 9.17) is 9.97 Å². The zero-order valence-electron chi connectivity index (χ0n) is 21.7. The third-order valence-electron chi connectivity index (χ3n) is 7.96. The van der Waals surface area contributed by atoms with E-state index < -0.39 is 0 Å². The summed E-state index contributed by atoms with van der Waals surface area (Å²) in [5, 5.41) is 3.88. The largest absolute Gasteiger partial charge is 0.356 e. The van der Waals surface area contributed by atoms with Crippen molar-refractivity contribution in [1.82, 2.24) is 15.3 Å². The van der Waals surface area contributed by atoms with Gasteiger partial charge in [0.25, 0.3) is 0 Å². The van der Waals surface area contributed by atoms with Crippen molar-refractivity contribution in [3.8, 4) is 11.4 Å². The van der Waals surface area contributed by atoms with Crippen molar-refractivity contribution in [2.75, 3.05) is 24.5 Å². The second kappa shape index (κ2) is 10.9. The molecule has 35 heavy (non-hydrogen) atoms. The standard InChI is InChI=1S/C31H40N4/c1-4-23-13-10-14-24(5-2)29(23)30-33-22(3)26(31(34-30)35-20-8-9-21-35)18-19-32-28-17-11-15-25-12-6-7-16-27(25)28/h6-7,10,12-14,16,28,32H,4-5,8-9,11,15,17-21H2,1-3H3/t28-/m0/s1. The van der Waals surface area contributed by atoms with Crippen LogP contribution in [0, 0.1) is 6.92 Å². The van der Waals surface area contributed by atoms with Crippen molar-refractivity contribution in [2.45, 2.75) is 78.2 Å². The molecule has 2 heterocycles. The maximum absolute atomic E-state index is 5.29. The van der Waals surface area contributed by atoms with Crippen LogP contribution in [0.2, 0.25) is 0 Å². The lowest BCUT2D eigenvalue weighted by atomic mass is 9.87. The van der Waals surface area contributed by atoms with Gasteiger partial charge in [0.15, 0.2) is 5.82 Å². The molecular formula is C31H40N4. The van der Waals surface area contributed by atoms with Gasteiger partial charge in [-0.1, -0.05) is 56.3 Å². The molecule has 0 radical (unpaired) electrons. The van der Waals surface area contributed by atoms with Crippen molar-refractivity contribution in [1.29, 1.82) is 0 Å². The van der Waals surface area contributed by atoms with E-state index >= 15 is 0 Å². The summed E-state index contributed by atoms with van der Waals surface area (Å²) in [4.78, 5) is 12.9. The molecule has 0 spiro atoms. The average Bonchev–Trinajstić information content (AvgIpc) is 3.44. The van der Waals surface area contributed by atoms with Gasteiger partial charge in [-0.3, -0.25) is 0 Å². The van der Waals surface area contributed by atoms with Gasteiger partial charge in [-0.05, 0) is 87.1 Å². The molecule has 4 nitrogen and oxygen atoms in total. The summed E-state index contributed by atoms with van der Waals surface area (Å²) in [6.07, 6.45) is 9.16. The lowest BCUT2D eigenvalue weighted by molar-refractivity contribution is 0.462. The number of aromatic nitrogens is 2. The van der Waals surface area contributed by atoms with E-state index in [1.807, 2.05) is 0 Å². The van der Waals surface area contributed by atoms with Crippen LogP contribution >= 0.6 is 0 Å². The number of nitrogens with zero attached hydrogens (tertiary/aromatic N) is 3. The Balaban J connectivity index is 1.44. The summed E-state index contributed by atoms with van der Waals surface area (Å²) in [6, 6.07) is 16.1. The molecule has 0 bridgehead atoms. The van der Waals surface area contributed by atoms with Gasteiger partial charge in [0.2, 0.25) is 0 Å². The van der Waals surface area contributed by atoms with Crippen LogP contribution in [0.1, 0.15) is 79.1 Å². The molecule has 1 aliphatic carbocycles. The predicted molar refractivity (Wildman–Crippen MR) is 146 cm³/mol. The van der Waals surface area contributed by atoms with Crippen LogP contribution in [0.4, 0.5) is 5.82 Å². The number of benzene rings is 2. The molecule has 0 unspecified atom stereocenters. The van der Waals surface area contributed by atoms with E-state index in [0.717, 1.165) is 50.4 Å². The Morgan fingerprint density at radius 2 is 1.66 bits per heavy atom. The highest BCUT2D eigenvalue weighted by Crippen LogP contribution is 2.33. The van der Waals surface area contributed by atoms with Crippen LogP contribution in [0.3, 0.4) is 0 Å². The number of hydrogen-bond donors (Lipinski definition) is 1. The average molecular weight is 469 g/mol. The summed E-state index contributed by atoms with van der Waals surface area (Å²) in [5.74, 6) is 2.08. The molecule has 1 fully saturated rings. The van der Waals surface area contributed by atoms with Crippen LogP contribution < -0.4 is 10.2 Å². The number of aryl methyl sites for hydroxylation is 4. The molecule has 1 atom stereocenters. The zero-order chi connectivity index (χ0) is 24.2. The number of anilines is 1. The van der Waals surface area contributed by atoms with Gasteiger partial charge >= 0.3 is 0 Å². The molecule has 2 aromatic carbocycles. The van der Waals surface area contributed by atoms with E-state index in [-0.39, 0.29) is 0 Å². The second-order valence-electron chi connectivity index (χ2n) is 10.1. The predicted octanol–water partition coefficient (Wildman–Crippen LogP) is 6.39. The first-order valence-electron chi connectivity index (χ1n) is 13.7. The lowest BCUT2D eigenvalue weighted by Crippen LogP contribution is -2.28. The molecule has 1 N–H and O–H groups in total. The highest BCUT2D eigenvalue weighted by atomic mass is 15.2. The van der Waals surface area contributed by atoms with E-state index in [2.05, 4.69) is 73.5 Å². The number of hydrogen-bond acceptors (Lipinski definition) is 4. The highest BCUT2D eigenvalue weighted by Gasteiger charge is 2.24. The molecule has 4 heteroatoms. The van der Waals surface area contributed by atoms with Crippen LogP contribution in [0.5, 0.6) is 0 Å². The lowest BCUT2D eigenvalue weighted by Gasteiger charge is -2.27. The number of nitrogens with one attached hydrogen (secondary N) is 1. The first-order valence-corrected chi connectivity index (χ1v) is 13.7. The van der Waals surface area contributed by atoms with Gasteiger partial charge in [-0.25, -0.2) is 9.97 Å². The Hall–Kier alpha value is -2.72. The van der Waals surface area contributed by atoms with Crippen LogP contribution in [0.25, 0.3) is 11.4 Å². The van der Waals surface area contributed by atoms with Crippen molar-refractivity contribution in [2.24, 2.45) is 0 Å². The zero-order valence-corrected chi connectivity index (χ0v) is 21.7. The van der Waals surface area contributed by atoms with Gasteiger partial charge < -0.3 is 10.2 Å². The minimum Gasteiger partial charge on any atom is -0.356 e. The summed E-state index contributed by atoms with van der Waals surface area (Å²) in [5.41, 5.74) is 9.41. The van der Waals surface area contributed by atoms with Crippen LogP contribution in [0.15, 0.2) is 42.5 Å². The van der Waals surface area contributed by atoms with Crippen LogP contribution in [-0.4, -0.2) is 29.6 Å². The SMILES string of the molecule is CCc1cccc(CC)c1-c1nc(C)c(CCN[C@H]2CCCc3ccccc32)c(N2CCCC2)n1. The Morgan fingerprint density at radius 3 is 2.40 bits per heavy atom. The molecule has 1 saturated heterocycles. The molecule has 2 aliphatic rings. The van der Waals surface area contributed by atoms with E-state index in [9.17, 15) is 0 Å². The van der Waals surface area contributed by atoms with Crippen LogP contribution in [-0.2, 0) is 25.7 Å². The van der Waals surface area contributed by atoms with Crippen molar-refractivity contribution in [3.05, 3.63) is 76.0 Å². The molecule has 1 aromatic heterocycles. The normalized spacial score (nSPS) is 17.6. The molecule has 1 aliphatic heterocycles. The first kappa shape index (κ1) is 24.0. The maximum Gasteiger partial charge on any atom is 0.162 e. The fourth-order valence-corrected chi connectivity index (χ4v) is 6.04. The molecule has 5 rings (SSSR count). The smallest absolute Gasteiger partial charge is 0.162 e. The monoisotopic (exact) mass is 468 g/mol. The van der Waals surface area contributed by atoms with E-state index in [1.54, 1.807) is 0 Å². The maximum atomic E-state index is 5.29. The summed E-state index contributed by atoms with van der Waals surface area (Å²) >= 11 is 0. The molecule has 0 amide bonds. The Morgan fingerprint density at radius 1 is 0.914 bits per heavy atom. The Bertz CT molecular complexity index is 1140. The van der Waals surface area contributed by atoms with E-state index in [0.29, 0.717) is 6.04 Å². The van der Waals surface area contributed by atoms with Crippen molar-refractivity contribution >= 4 is 5.82 Å². The minimum absolute atomic E-state index is 0.458. The minimum atomic E-state index is 0.458. The summed E-state index contributed by atoms with van der Waals surface area (Å²) < 4.78 is 0. The highest BCUT2D eigenvalue weighted by molar-refractivity contribution is 5.68. The molecular weight excluding hydrogens is 428 g/mol. The Labute approximate surface area is 211 Å². The van der Waals surface area contributed by atoms with Gasteiger partial charge in [0.1, 0.15) is 5.82 Å².